The second kappa shape index (κ2) is 9.49. The fourth-order valence-corrected chi connectivity index (χ4v) is 3.36. The van der Waals surface area contributed by atoms with Crippen molar-refractivity contribution in [3.63, 3.8) is 0 Å². The summed E-state index contributed by atoms with van der Waals surface area (Å²) in [5.74, 6) is 1.43. The number of rotatable bonds is 8. The van der Waals surface area contributed by atoms with Crippen LogP contribution in [0.4, 0.5) is 10.2 Å². The van der Waals surface area contributed by atoms with Gasteiger partial charge < -0.3 is 14.8 Å². The van der Waals surface area contributed by atoms with Crippen molar-refractivity contribution < 1.29 is 13.9 Å². The first-order valence-corrected chi connectivity index (χ1v) is 10.0. The third kappa shape index (κ3) is 4.46. The molecule has 2 heterocycles. The van der Waals surface area contributed by atoms with E-state index < -0.39 is 0 Å². The summed E-state index contributed by atoms with van der Waals surface area (Å²) in [7, 11) is 3.45. The minimum Gasteiger partial charge on any atom is -0.491 e. The molecule has 7 heteroatoms. The molecule has 4 aromatic rings. The predicted molar refractivity (Wildman–Crippen MR) is 120 cm³/mol. The van der Waals surface area contributed by atoms with E-state index in [9.17, 15) is 4.39 Å². The molecule has 0 atom stereocenters. The first-order chi connectivity index (χ1) is 15.2. The highest BCUT2D eigenvalue weighted by Crippen LogP contribution is 2.36. The number of hydrogen-bond acceptors (Lipinski definition) is 6. The van der Waals surface area contributed by atoms with Gasteiger partial charge in [-0.2, -0.15) is 0 Å². The molecule has 31 heavy (non-hydrogen) atoms. The monoisotopic (exact) mass is 418 g/mol. The molecule has 0 aliphatic heterocycles. The molecule has 0 fully saturated rings. The van der Waals surface area contributed by atoms with Gasteiger partial charge in [0.25, 0.3) is 0 Å². The predicted octanol–water partition coefficient (Wildman–Crippen LogP) is 4.95. The van der Waals surface area contributed by atoms with Gasteiger partial charge in [-0.1, -0.05) is 18.2 Å². The molecule has 6 nitrogen and oxygen atoms in total. The SMILES string of the molecule is CNc1nc(-c2cccnc2)nc2c(OCCCOC)cc(-c3ccccc3F)cc12. The highest BCUT2D eigenvalue weighted by atomic mass is 19.1. The number of ether oxygens (including phenoxy) is 2. The van der Waals surface area contributed by atoms with Gasteiger partial charge >= 0.3 is 0 Å². The summed E-state index contributed by atoms with van der Waals surface area (Å²) >= 11 is 0. The van der Waals surface area contributed by atoms with Gasteiger partial charge in [-0.3, -0.25) is 4.98 Å². The Balaban J connectivity index is 1.90. The quantitative estimate of drug-likeness (QED) is 0.408. The van der Waals surface area contributed by atoms with E-state index >= 15 is 0 Å². The number of halogens is 1. The average molecular weight is 418 g/mol. The van der Waals surface area contributed by atoms with Gasteiger partial charge in [0.1, 0.15) is 22.9 Å². The largest absolute Gasteiger partial charge is 0.491 e. The summed E-state index contributed by atoms with van der Waals surface area (Å²) in [6.45, 7) is 1.04. The lowest BCUT2D eigenvalue weighted by atomic mass is 10.0. The summed E-state index contributed by atoms with van der Waals surface area (Å²) in [6, 6.07) is 14.1. The van der Waals surface area contributed by atoms with Crippen LogP contribution in [0.1, 0.15) is 6.42 Å². The van der Waals surface area contributed by atoms with Gasteiger partial charge in [-0.25, -0.2) is 14.4 Å². The van der Waals surface area contributed by atoms with Gasteiger partial charge in [0, 0.05) is 56.1 Å². The van der Waals surface area contributed by atoms with Crippen molar-refractivity contribution in [2.45, 2.75) is 6.42 Å². The Bertz CT molecular complexity index is 1190. The van der Waals surface area contributed by atoms with Crippen LogP contribution in [0.25, 0.3) is 33.4 Å². The molecule has 2 aromatic heterocycles. The lowest BCUT2D eigenvalue weighted by molar-refractivity contribution is 0.172. The Kier molecular flexibility index (Phi) is 6.33. The lowest BCUT2D eigenvalue weighted by Crippen LogP contribution is -2.05. The van der Waals surface area contributed by atoms with E-state index in [1.165, 1.54) is 6.07 Å². The highest BCUT2D eigenvalue weighted by Gasteiger charge is 2.16. The van der Waals surface area contributed by atoms with Crippen LogP contribution in [-0.2, 0) is 4.74 Å². The van der Waals surface area contributed by atoms with Crippen molar-refractivity contribution in [2.75, 3.05) is 32.7 Å². The Morgan fingerprint density at radius 2 is 1.87 bits per heavy atom. The number of benzene rings is 2. The van der Waals surface area contributed by atoms with E-state index in [1.807, 2.05) is 30.3 Å². The van der Waals surface area contributed by atoms with Crippen molar-refractivity contribution in [3.05, 3.63) is 66.7 Å². The molecule has 158 valence electrons. The molecule has 1 N–H and O–H groups in total. The zero-order chi connectivity index (χ0) is 21.6. The summed E-state index contributed by atoms with van der Waals surface area (Å²) < 4.78 is 25.7. The molecule has 0 radical (unpaired) electrons. The van der Waals surface area contributed by atoms with Crippen LogP contribution in [0.5, 0.6) is 5.75 Å². The van der Waals surface area contributed by atoms with E-state index in [-0.39, 0.29) is 5.82 Å². The number of methoxy groups -OCH3 is 1. The maximum atomic E-state index is 14.5. The van der Waals surface area contributed by atoms with Crippen LogP contribution in [0.15, 0.2) is 60.9 Å². The molecule has 0 saturated heterocycles. The van der Waals surface area contributed by atoms with Gasteiger partial charge in [0.05, 0.1) is 6.61 Å². The molecule has 0 bridgehead atoms. The Morgan fingerprint density at radius 1 is 1.00 bits per heavy atom. The van der Waals surface area contributed by atoms with Crippen molar-refractivity contribution in [1.29, 1.82) is 0 Å². The van der Waals surface area contributed by atoms with Crippen LogP contribution < -0.4 is 10.1 Å². The van der Waals surface area contributed by atoms with Gasteiger partial charge in [0.15, 0.2) is 5.82 Å². The molecular formula is C24H23FN4O2. The second-order valence-corrected chi connectivity index (χ2v) is 6.93. The fraction of sp³-hybridized carbons (Fsp3) is 0.208. The number of pyridine rings is 1. The Labute approximate surface area is 180 Å². The maximum Gasteiger partial charge on any atom is 0.163 e. The highest BCUT2D eigenvalue weighted by molar-refractivity contribution is 5.97. The molecule has 0 aliphatic carbocycles. The number of nitrogens with zero attached hydrogens (tertiary/aromatic N) is 3. The fourth-order valence-electron chi connectivity index (χ4n) is 3.36. The zero-order valence-electron chi connectivity index (χ0n) is 17.4. The molecule has 0 saturated carbocycles. The van der Waals surface area contributed by atoms with Crippen LogP contribution >= 0.6 is 0 Å². The van der Waals surface area contributed by atoms with Gasteiger partial charge in [-0.05, 0) is 35.9 Å². The Hall–Kier alpha value is -3.58. The molecule has 0 spiro atoms. The number of fused-ring (bicyclic) bond motifs is 1. The van der Waals surface area contributed by atoms with Crippen LogP contribution in [0.2, 0.25) is 0 Å². The van der Waals surface area contributed by atoms with E-state index in [0.29, 0.717) is 47.2 Å². The third-order valence-electron chi connectivity index (χ3n) is 4.86. The van der Waals surface area contributed by atoms with Crippen molar-refractivity contribution in [2.24, 2.45) is 0 Å². The summed E-state index contributed by atoms with van der Waals surface area (Å²) in [5.41, 5.74) is 2.63. The minimum atomic E-state index is -0.300. The average Bonchev–Trinajstić information content (AvgIpc) is 2.82. The second-order valence-electron chi connectivity index (χ2n) is 6.93. The van der Waals surface area contributed by atoms with Crippen LogP contribution in [0.3, 0.4) is 0 Å². The van der Waals surface area contributed by atoms with Gasteiger partial charge in [-0.15, -0.1) is 0 Å². The number of anilines is 1. The molecule has 2 aromatic carbocycles. The maximum absolute atomic E-state index is 14.5. The summed E-state index contributed by atoms with van der Waals surface area (Å²) in [4.78, 5) is 13.6. The first-order valence-electron chi connectivity index (χ1n) is 10.0. The zero-order valence-corrected chi connectivity index (χ0v) is 17.4. The third-order valence-corrected chi connectivity index (χ3v) is 4.86. The smallest absolute Gasteiger partial charge is 0.163 e. The van der Waals surface area contributed by atoms with E-state index in [1.54, 1.807) is 38.7 Å². The van der Waals surface area contributed by atoms with E-state index in [0.717, 1.165) is 17.4 Å². The van der Waals surface area contributed by atoms with E-state index in [4.69, 9.17) is 14.5 Å². The number of aromatic nitrogens is 3. The van der Waals surface area contributed by atoms with Gasteiger partial charge in [0.2, 0.25) is 0 Å². The Morgan fingerprint density at radius 3 is 2.61 bits per heavy atom. The summed E-state index contributed by atoms with van der Waals surface area (Å²) in [6.07, 6.45) is 4.14. The van der Waals surface area contributed by atoms with Crippen molar-refractivity contribution in [3.8, 4) is 28.3 Å². The minimum absolute atomic E-state index is 0.300. The van der Waals surface area contributed by atoms with E-state index in [2.05, 4.69) is 15.3 Å². The molecule has 0 unspecified atom stereocenters. The van der Waals surface area contributed by atoms with Crippen molar-refractivity contribution in [1.82, 2.24) is 15.0 Å². The molecular weight excluding hydrogens is 395 g/mol. The van der Waals surface area contributed by atoms with Crippen LogP contribution in [-0.4, -0.2) is 42.3 Å². The van der Waals surface area contributed by atoms with Crippen molar-refractivity contribution >= 4 is 16.7 Å². The molecule has 4 rings (SSSR count). The molecule has 0 amide bonds. The standard InChI is InChI=1S/C24H23FN4O2/c1-26-24-19-13-17(18-8-3-4-9-20(18)25)14-21(31-12-6-11-30-2)22(19)28-23(29-24)16-7-5-10-27-15-16/h3-5,7-10,13-15H,6,11-12H2,1-2H3,(H,26,28,29). The normalized spacial score (nSPS) is 10.9. The lowest BCUT2D eigenvalue weighted by Gasteiger charge is -2.15. The molecule has 0 aliphatic rings. The number of nitrogens with one attached hydrogen (secondary N) is 1. The first kappa shape index (κ1) is 20.7. The summed E-state index contributed by atoms with van der Waals surface area (Å²) in [5, 5.41) is 3.88. The number of hydrogen-bond donors (Lipinski definition) is 1. The van der Waals surface area contributed by atoms with Crippen LogP contribution in [0, 0.1) is 5.82 Å². The topological polar surface area (TPSA) is 69.2 Å².